The van der Waals surface area contributed by atoms with E-state index < -0.39 is 5.97 Å². The van der Waals surface area contributed by atoms with Gasteiger partial charge in [-0.25, -0.2) is 4.79 Å². The molecule has 0 radical (unpaired) electrons. The molecule has 1 heterocycles. The standard InChI is InChI=1S/C12H14ClN5O2/c1-20-12(19)9-6-8(14)7-10(13)11(9)15-2-4-18-5-3-16-17-18/h3,5-7,15H,2,4,14H2,1H3. The first-order valence-electron chi connectivity index (χ1n) is 5.87. The van der Waals surface area contributed by atoms with Crippen LogP contribution in [0.4, 0.5) is 11.4 Å². The monoisotopic (exact) mass is 295 g/mol. The maximum Gasteiger partial charge on any atom is 0.340 e. The number of benzene rings is 1. The van der Waals surface area contributed by atoms with Crippen LogP contribution in [0.5, 0.6) is 0 Å². The van der Waals surface area contributed by atoms with Gasteiger partial charge in [-0.15, -0.1) is 5.10 Å². The Morgan fingerprint density at radius 1 is 1.55 bits per heavy atom. The Morgan fingerprint density at radius 2 is 2.35 bits per heavy atom. The van der Waals surface area contributed by atoms with Crippen molar-refractivity contribution >= 4 is 28.9 Å². The maximum absolute atomic E-state index is 11.7. The summed E-state index contributed by atoms with van der Waals surface area (Å²) in [5, 5.41) is 11.0. The number of hydrogen-bond donors (Lipinski definition) is 2. The number of anilines is 2. The van der Waals surface area contributed by atoms with Crippen molar-refractivity contribution in [1.82, 2.24) is 15.0 Å². The maximum atomic E-state index is 11.7. The second-order valence-electron chi connectivity index (χ2n) is 4.01. The van der Waals surface area contributed by atoms with Gasteiger partial charge in [0.1, 0.15) is 0 Å². The van der Waals surface area contributed by atoms with Crippen molar-refractivity contribution in [2.24, 2.45) is 0 Å². The number of hydrogen-bond acceptors (Lipinski definition) is 6. The van der Waals surface area contributed by atoms with Gasteiger partial charge in [0.2, 0.25) is 0 Å². The van der Waals surface area contributed by atoms with Gasteiger partial charge in [0.15, 0.2) is 0 Å². The van der Waals surface area contributed by atoms with E-state index in [4.69, 9.17) is 22.1 Å². The van der Waals surface area contributed by atoms with E-state index in [2.05, 4.69) is 15.6 Å². The largest absolute Gasteiger partial charge is 0.465 e. The molecule has 0 saturated heterocycles. The molecule has 0 amide bonds. The highest BCUT2D eigenvalue weighted by Gasteiger charge is 2.15. The second kappa shape index (κ2) is 6.25. The third-order valence-corrected chi connectivity index (χ3v) is 2.93. The zero-order valence-corrected chi connectivity index (χ0v) is 11.6. The van der Waals surface area contributed by atoms with Crippen LogP contribution in [-0.4, -0.2) is 34.6 Å². The van der Waals surface area contributed by atoms with Crippen molar-refractivity contribution in [2.75, 3.05) is 24.7 Å². The summed E-state index contributed by atoms with van der Waals surface area (Å²) in [4.78, 5) is 11.7. The molecule has 1 aromatic heterocycles. The van der Waals surface area contributed by atoms with Gasteiger partial charge in [-0.2, -0.15) is 0 Å². The highest BCUT2D eigenvalue weighted by molar-refractivity contribution is 6.34. The van der Waals surface area contributed by atoms with Crippen LogP contribution in [0.15, 0.2) is 24.5 Å². The van der Waals surface area contributed by atoms with Crippen molar-refractivity contribution < 1.29 is 9.53 Å². The molecule has 8 heteroatoms. The van der Waals surface area contributed by atoms with Crippen LogP contribution >= 0.6 is 11.6 Å². The number of carbonyl (C=O) groups is 1. The van der Waals surface area contributed by atoms with Crippen molar-refractivity contribution in [2.45, 2.75) is 6.54 Å². The van der Waals surface area contributed by atoms with Gasteiger partial charge in [-0.3, -0.25) is 4.68 Å². The van der Waals surface area contributed by atoms with Crippen LogP contribution in [0.1, 0.15) is 10.4 Å². The lowest BCUT2D eigenvalue weighted by Crippen LogP contribution is -2.15. The predicted octanol–water partition coefficient (Wildman–Crippen LogP) is 1.41. The Balaban J connectivity index is 2.15. The summed E-state index contributed by atoms with van der Waals surface area (Å²) in [6.45, 7) is 1.11. The number of aromatic nitrogens is 3. The van der Waals surface area contributed by atoms with E-state index in [1.54, 1.807) is 23.1 Å². The molecule has 0 aliphatic heterocycles. The summed E-state index contributed by atoms with van der Waals surface area (Å²) in [6, 6.07) is 3.10. The smallest absolute Gasteiger partial charge is 0.340 e. The number of nitrogens with zero attached hydrogens (tertiary/aromatic N) is 3. The lowest BCUT2D eigenvalue weighted by Gasteiger charge is -2.13. The minimum absolute atomic E-state index is 0.302. The lowest BCUT2D eigenvalue weighted by molar-refractivity contribution is 0.0602. The fourth-order valence-corrected chi connectivity index (χ4v) is 2.02. The first-order chi connectivity index (χ1) is 9.61. The third kappa shape index (κ3) is 3.18. The molecule has 0 fully saturated rings. The molecule has 7 nitrogen and oxygen atoms in total. The average molecular weight is 296 g/mol. The number of ether oxygens (including phenoxy) is 1. The molecular formula is C12H14ClN5O2. The minimum Gasteiger partial charge on any atom is -0.465 e. The van der Waals surface area contributed by atoms with Crippen molar-refractivity contribution in [1.29, 1.82) is 0 Å². The Labute approximate surface area is 120 Å². The summed E-state index contributed by atoms with van der Waals surface area (Å²) < 4.78 is 6.38. The van der Waals surface area contributed by atoms with E-state index in [0.29, 0.717) is 35.1 Å². The van der Waals surface area contributed by atoms with E-state index in [1.165, 1.54) is 13.2 Å². The molecule has 0 unspecified atom stereocenters. The molecule has 0 spiro atoms. The normalized spacial score (nSPS) is 10.3. The minimum atomic E-state index is -0.498. The SMILES string of the molecule is COC(=O)c1cc(N)cc(Cl)c1NCCn1ccnn1. The van der Waals surface area contributed by atoms with Crippen LogP contribution in [0.25, 0.3) is 0 Å². The molecule has 0 atom stereocenters. The molecule has 20 heavy (non-hydrogen) atoms. The van der Waals surface area contributed by atoms with E-state index in [1.807, 2.05) is 0 Å². The highest BCUT2D eigenvalue weighted by Crippen LogP contribution is 2.29. The van der Waals surface area contributed by atoms with E-state index >= 15 is 0 Å². The van der Waals surface area contributed by atoms with Gasteiger partial charge >= 0.3 is 5.97 Å². The molecule has 0 aliphatic carbocycles. The first kappa shape index (κ1) is 14.1. The molecule has 0 saturated carbocycles. The fourth-order valence-electron chi connectivity index (χ4n) is 1.73. The molecular weight excluding hydrogens is 282 g/mol. The third-order valence-electron chi connectivity index (χ3n) is 2.63. The van der Waals surface area contributed by atoms with Crippen molar-refractivity contribution in [3.05, 3.63) is 35.1 Å². The second-order valence-corrected chi connectivity index (χ2v) is 4.42. The van der Waals surface area contributed by atoms with Crippen molar-refractivity contribution in [3.8, 4) is 0 Å². The number of nitrogens with one attached hydrogen (secondary N) is 1. The van der Waals surface area contributed by atoms with Gasteiger partial charge in [-0.1, -0.05) is 16.8 Å². The number of esters is 1. The van der Waals surface area contributed by atoms with Gasteiger partial charge in [0.05, 0.1) is 36.1 Å². The summed E-state index contributed by atoms with van der Waals surface area (Å²) in [7, 11) is 1.30. The predicted molar refractivity (Wildman–Crippen MR) is 75.7 cm³/mol. The molecule has 1 aromatic carbocycles. The van der Waals surface area contributed by atoms with Crippen LogP contribution in [0.2, 0.25) is 5.02 Å². The summed E-state index contributed by atoms with van der Waals surface area (Å²) in [5.74, 6) is -0.498. The molecule has 106 valence electrons. The Kier molecular flexibility index (Phi) is 4.41. The van der Waals surface area contributed by atoms with Gasteiger partial charge in [-0.05, 0) is 12.1 Å². The number of halogens is 1. The summed E-state index contributed by atoms with van der Waals surface area (Å²) in [5.41, 5.74) is 6.88. The molecule has 2 rings (SSSR count). The van der Waals surface area contributed by atoms with Gasteiger partial charge < -0.3 is 15.8 Å². The Morgan fingerprint density at radius 3 is 3.00 bits per heavy atom. The molecule has 2 aromatic rings. The van der Waals surface area contributed by atoms with Crippen molar-refractivity contribution in [3.63, 3.8) is 0 Å². The summed E-state index contributed by atoms with van der Waals surface area (Å²) in [6.07, 6.45) is 3.34. The number of carbonyl (C=O) groups excluding carboxylic acids is 1. The first-order valence-corrected chi connectivity index (χ1v) is 6.25. The Hall–Kier alpha value is -2.28. The number of methoxy groups -OCH3 is 1. The zero-order chi connectivity index (χ0) is 14.5. The molecule has 3 N–H and O–H groups in total. The summed E-state index contributed by atoms with van der Waals surface area (Å²) >= 11 is 6.11. The van der Waals surface area contributed by atoms with E-state index in [9.17, 15) is 4.79 Å². The quantitative estimate of drug-likeness (QED) is 0.640. The Bertz CT molecular complexity index is 600. The highest BCUT2D eigenvalue weighted by atomic mass is 35.5. The fraction of sp³-hybridized carbons (Fsp3) is 0.250. The zero-order valence-electron chi connectivity index (χ0n) is 10.8. The number of nitrogens with two attached hydrogens (primary N) is 1. The number of nitrogen functional groups attached to an aromatic ring is 1. The van der Waals surface area contributed by atoms with Crippen LogP contribution in [0.3, 0.4) is 0 Å². The molecule has 0 aliphatic rings. The molecule has 0 bridgehead atoms. The van der Waals surface area contributed by atoms with Gasteiger partial charge in [0.25, 0.3) is 0 Å². The van der Waals surface area contributed by atoms with Crippen LogP contribution in [0, 0.1) is 0 Å². The van der Waals surface area contributed by atoms with Gasteiger partial charge in [0, 0.05) is 18.4 Å². The van der Waals surface area contributed by atoms with E-state index in [0.717, 1.165) is 0 Å². The average Bonchev–Trinajstić information content (AvgIpc) is 2.93. The van der Waals surface area contributed by atoms with Crippen LogP contribution < -0.4 is 11.1 Å². The van der Waals surface area contributed by atoms with E-state index in [-0.39, 0.29) is 0 Å². The number of rotatable bonds is 5. The van der Waals surface area contributed by atoms with Crippen LogP contribution in [-0.2, 0) is 11.3 Å². The topological polar surface area (TPSA) is 95.1 Å². The lowest BCUT2D eigenvalue weighted by atomic mass is 10.1.